The molecule has 6 heteroatoms. The smallest absolute Gasteiger partial charge is 0.247 e. The minimum absolute atomic E-state index is 0.136. The fourth-order valence-corrected chi connectivity index (χ4v) is 4.88. The van der Waals surface area contributed by atoms with Gasteiger partial charge in [0.25, 0.3) is 0 Å². The summed E-state index contributed by atoms with van der Waals surface area (Å²) in [5, 5.41) is 6.06. The summed E-state index contributed by atoms with van der Waals surface area (Å²) in [6, 6.07) is 28.3. The number of anilines is 1. The van der Waals surface area contributed by atoms with Gasteiger partial charge < -0.3 is 20.1 Å². The number of para-hydroxylation sites is 1. The zero-order valence-electron chi connectivity index (χ0n) is 21.4. The molecule has 0 saturated heterocycles. The van der Waals surface area contributed by atoms with Crippen molar-refractivity contribution >= 4 is 17.5 Å². The lowest BCUT2D eigenvalue weighted by atomic mass is 9.72. The van der Waals surface area contributed by atoms with Gasteiger partial charge in [0.15, 0.2) is 0 Å². The highest BCUT2D eigenvalue weighted by Gasteiger charge is 2.43. The lowest BCUT2D eigenvalue weighted by Gasteiger charge is -2.39. The first-order chi connectivity index (χ1) is 18.1. The quantitative estimate of drug-likeness (QED) is 0.382. The molecule has 0 spiro atoms. The highest BCUT2D eigenvalue weighted by molar-refractivity contribution is 5.98. The van der Waals surface area contributed by atoms with E-state index < -0.39 is 11.5 Å². The van der Waals surface area contributed by atoms with Gasteiger partial charge in [0.1, 0.15) is 6.04 Å². The van der Waals surface area contributed by atoms with E-state index in [1.165, 1.54) is 0 Å². The minimum Gasteiger partial charge on any atom is -0.381 e. The predicted octanol–water partition coefficient (Wildman–Crippen LogP) is 5.14. The molecule has 1 fully saturated rings. The molecule has 3 aromatic carbocycles. The third-order valence-electron chi connectivity index (χ3n) is 7.14. The van der Waals surface area contributed by atoms with E-state index in [1.54, 1.807) is 7.11 Å². The monoisotopic (exact) mass is 500 g/mol. The van der Waals surface area contributed by atoms with Gasteiger partial charge in [-0.2, -0.15) is 0 Å². The Morgan fingerprint density at radius 3 is 2.03 bits per heavy atom. The number of nitrogens with one attached hydrogen (secondary N) is 2. The average Bonchev–Trinajstić information content (AvgIpc) is 2.94. The molecule has 2 amide bonds. The van der Waals surface area contributed by atoms with Gasteiger partial charge in [-0.25, -0.2) is 0 Å². The Bertz CT molecular complexity index is 1110. The van der Waals surface area contributed by atoms with E-state index in [0.29, 0.717) is 38.2 Å². The third-order valence-corrected chi connectivity index (χ3v) is 7.14. The van der Waals surface area contributed by atoms with Gasteiger partial charge in [-0.15, -0.1) is 0 Å². The number of methoxy groups -OCH3 is 1. The molecule has 0 aliphatic heterocycles. The van der Waals surface area contributed by atoms with Crippen LogP contribution in [0.15, 0.2) is 91.0 Å². The second-order valence-electron chi connectivity index (χ2n) is 9.76. The van der Waals surface area contributed by atoms with Crippen LogP contribution in [-0.4, -0.2) is 37.7 Å². The van der Waals surface area contributed by atoms with Crippen molar-refractivity contribution in [1.29, 1.82) is 0 Å². The van der Waals surface area contributed by atoms with Crippen LogP contribution in [0.3, 0.4) is 0 Å². The number of hydrogen-bond donors (Lipinski definition) is 2. The summed E-state index contributed by atoms with van der Waals surface area (Å²) in [6.07, 6.45) is 3.37. The second-order valence-corrected chi connectivity index (χ2v) is 9.76. The van der Waals surface area contributed by atoms with E-state index in [1.807, 2.05) is 91.0 Å². The Kier molecular flexibility index (Phi) is 9.46. The molecule has 2 N–H and O–H groups in total. The Balaban J connectivity index is 1.50. The minimum atomic E-state index is -0.721. The molecule has 3 aromatic rings. The van der Waals surface area contributed by atoms with Gasteiger partial charge in [0, 0.05) is 19.2 Å². The molecule has 1 saturated carbocycles. The van der Waals surface area contributed by atoms with Crippen molar-refractivity contribution in [2.24, 2.45) is 5.41 Å². The van der Waals surface area contributed by atoms with E-state index in [2.05, 4.69) is 10.6 Å². The summed E-state index contributed by atoms with van der Waals surface area (Å²) in [7, 11) is 1.72. The molecule has 37 heavy (non-hydrogen) atoms. The maximum atomic E-state index is 13.9. The molecule has 0 unspecified atom stereocenters. The van der Waals surface area contributed by atoms with Crippen LogP contribution in [0.2, 0.25) is 0 Å². The summed E-state index contributed by atoms with van der Waals surface area (Å²) in [5.74, 6) is -0.381. The van der Waals surface area contributed by atoms with Crippen molar-refractivity contribution < 1.29 is 19.1 Å². The van der Waals surface area contributed by atoms with Crippen LogP contribution in [0.5, 0.6) is 0 Å². The van der Waals surface area contributed by atoms with Gasteiger partial charge in [-0.1, -0.05) is 78.9 Å². The SMILES string of the molecule is CO[C@H]1CC[C@@](COCc2ccccc2)(C(=O)N[C@@H](Cc2ccccc2)C(=O)Nc2ccccc2)CC1. The van der Waals surface area contributed by atoms with Gasteiger partial charge in [-0.3, -0.25) is 9.59 Å². The maximum absolute atomic E-state index is 13.9. The van der Waals surface area contributed by atoms with Crippen LogP contribution in [-0.2, 0) is 32.1 Å². The molecule has 0 bridgehead atoms. The summed E-state index contributed by atoms with van der Waals surface area (Å²) in [6.45, 7) is 0.730. The highest BCUT2D eigenvalue weighted by Crippen LogP contribution is 2.38. The van der Waals surface area contributed by atoms with E-state index in [0.717, 1.165) is 24.0 Å². The van der Waals surface area contributed by atoms with Crippen molar-refractivity contribution in [3.05, 3.63) is 102 Å². The van der Waals surface area contributed by atoms with Gasteiger partial charge >= 0.3 is 0 Å². The lowest BCUT2D eigenvalue weighted by Crippen LogP contribution is -2.53. The standard InChI is InChI=1S/C31H36N2O4/c1-36-27-17-19-31(20-18-27,23-37-22-25-13-7-3-8-14-25)30(35)33-28(21-24-11-5-2-6-12-24)29(34)32-26-15-9-4-10-16-26/h2-16,27-28H,17-23H2,1H3,(H,32,34)(H,33,35)/t27-,28-,31+/m0/s1. The van der Waals surface area contributed by atoms with Crippen LogP contribution < -0.4 is 10.6 Å². The van der Waals surface area contributed by atoms with Gasteiger partial charge in [-0.05, 0) is 48.9 Å². The molecular formula is C31H36N2O4. The fraction of sp³-hybridized carbons (Fsp3) is 0.355. The zero-order chi connectivity index (χ0) is 25.9. The Labute approximate surface area is 219 Å². The topological polar surface area (TPSA) is 76.7 Å². The van der Waals surface area contributed by atoms with E-state index in [4.69, 9.17) is 9.47 Å². The molecular weight excluding hydrogens is 464 g/mol. The van der Waals surface area contributed by atoms with E-state index in [-0.39, 0.29) is 17.9 Å². The molecule has 0 heterocycles. The number of benzene rings is 3. The van der Waals surface area contributed by atoms with Crippen LogP contribution in [0.25, 0.3) is 0 Å². The van der Waals surface area contributed by atoms with E-state index >= 15 is 0 Å². The number of ether oxygens (including phenoxy) is 2. The molecule has 4 rings (SSSR count). The average molecular weight is 501 g/mol. The molecule has 0 radical (unpaired) electrons. The largest absolute Gasteiger partial charge is 0.381 e. The van der Waals surface area contributed by atoms with Crippen LogP contribution in [0, 0.1) is 5.41 Å². The maximum Gasteiger partial charge on any atom is 0.247 e. The number of hydrogen-bond acceptors (Lipinski definition) is 4. The first-order valence-electron chi connectivity index (χ1n) is 12.9. The molecule has 194 valence electrons. The summed E-state index contributed by atoms with van der Waals surface area (Å²) in [5.41, 5.74) is 2.02. The Morgan fingerprint density at radius 1 is 0.865 bits per heavy atom. The van der Waals surface area contributed by atoms with Crippen LogP contribution >= 0.6 is 0 Å². The zero-order valence-corrected chi connectivity index (χ0v) is 21.4. The first-order valence-corrected chi connectivity index (χ1v) is 12.9. The number of rotatable bonds is 11. The number of carbonyl (C=O) groups excluding carboxylic acids is 2. The highest BCUT2D eigenvalue weighted by atomic mass is 16.5. The summed E-state index contributed by atoms with van der Waals surface area (Å²) >= 11 is 0. The second kappa shape index (κ2) is 13.2. The van der Waals surface area contributed by atoms with Crippen molar-refractivity contribution in [3.8, 4) is 0 Å². The van der Waals surface area contributed by atoms with E-state index in [9.17, 15) is 9.59 Å². The Morgan fingerprint density at radius 2 is 1.43 bits per heavy atom. The fourth-order valence-electron chi connectivity index (χ4n) is 4.88. The first kappa shape index (κ1) is 26.6. The molecule has 1 aliphatic rings. The third kappa shape index (κ3) is 7.51. The van der Waals surface area contributed by atoms with Crippen LogP contribution in [0.4, 0.5) is 5.69 Å². The molecule has 1 atom stereocenters. The number of carbonyl (C=O) groups is 2. The van der Waals surface area contributed by atoms with Crippen molar-refractivity contribution in [2.45, 2.75) is 50.9 Å². The summed E-state index contributed by atoms with van der Waals surface area (Å²) < 4.78 is 11.7. The van der Waals surface area contributed by atoms with Crippen molar-refractivity contribution in [2.75, 3.05) is 19.0 Å². The normalized spacial score (nSPS) is 20.1. The molecule has 1 aliphatic carbocycles. The Hall–Kier alpha value is -3.48. The van der Waals surface area contributed by atoms with Gasteiger partial charge in [0.05, 0.1) is 24.7 Å². The predicted molar refractivity (Wildman–Crippen MR) is 145 cm³/mol. The van der Waals surface area contributed by atoms with Crippen molar-refractivity contribution in [1.82, 2.24) is 5.32 Å². The van der Waals surface area contributed by atoms with Crippen molar-refractivity contribution in [3.63, 3.8) is 0 Å². The molecule has 6 nitrogen and oxygen atoms in total. The lowest BCUT2D eigenvalue weighted by molar-refractivity contribution is -0.142. The molecule has 0 aromatic heterocycles. The van der Waals surface area contributed by atoms with Crippen LogP contribution in [0.1, 0.15) is 36.8 Å². The number of amides is 2. The van der Waals surface area contributed by atoms with Gasteiger partial charge in [0.2, 0.25) is 11.8 Å². The summed E-state index contributed by atoms with van der Waals surface area (Å²) in [4.78, 5) is 27.3.